The Bertz CT molecular complexity index is 1070. The number of nitrogens with one attached hydrogen (secondary N) is 1. The Hall–Kier alpha value is -3.96. The van der Waals surface area contributed by atoms with E-state index >= 15 is 0 Å². The number of ether oxygens (including phenoxy) is 2. The molecule has 0 saturated carbocycles. The molecule has 0 fully saturated rings. The maximum atomic E-state index is 13.2. The molecule has 1 aromatic rings. The molecule has 2 rings (SSSR count). The molecule has 37 heavy (non-hydrogen) atoms. The molecular formula is C25H33N3O9. The molecule has 1 aliphatic rings. The number of allylic oxidation sites excluding steroid dienone is 2. The minimum absolute atomic E-state index is 0.0405. The van der Waals surface area contributed by atoms with Crippen molar-refractivity contribution in [3.8, 4) is 0 Å². The highest BCUT2D eigenvalue weighted by atomic mass is 17.0. The molecule has 0 saturated heterocycles. The molecule has 1 aromatic carbocycles. The van der Waals surface area contributed by atoms with Crippen LogP contribution in [0.25, 0.3) is 0 Å². The number of esters is 2. The van der Waals surface area contributed by atoms with Gasteiger partial charge in [0.2, 0.25) is 0 Å². The first kappa shape index (κ1) is 29.3. The number of benzene rings is 1. The predicted molar refractivity (Wildman–Crippen MR) is 133 cm³/mol. The standard InChI is InChI=1S/C25H33N3O9/c1-4-5-6-7-8-9-13-35-24(29)21-17(2)26-18(3)22(25(30)36-14-15-37-28(33)34)23(21)19-11-10-12-20(16-19)27(31)32/h10-12,16,23,26H,4-9,13-15H2,1-3H3. The molecule has 1 unspecified atom stereocenters. The minimum atomic E-state index is -1.01. The van der Waals surface area contributed by atoms with Crippen molar-refractivity contribution in [1.29, 1.82) is 0 Å². The van der Waals surface area contributed by atoms with Gasteiger partial charge >= 0.3 is 11.9 Å². The monoisotopic (exact) mass is 519 g/mol. The maximum absolute atomic E-state index is 13.2. The molecule has 202 valence electrons. The van der Waals surface area contributed by atoms with Gasteiger partial charge in [-0.05, 0) is 25.8 Å². The van der Waals surface area contributed by atoms with Crippen LogP contribution in [0.1, 0.15) is 70.8 Å². The average Bonchev–Trinajstić information content (AvgIpc) is 2.85. The number of carbonyl (C=O) groups excluding carboxylic acids is 2. The van der Waals surface area contributed by atoms with E-state index in [9.17, 15) is 29.8 Å². The van der Waals surface area contributed by atoms with E-state index in [1.807, 2.05) is 0 Å². The Morgan fingerprint density at radius 2 is 1.49 bits per heavy atom. The van der Waals surface area contributed by atoms with Crippen LogP contribution in [0, 0.1) is 20.2 Å². The quantitative estimate of drug-likeness (QED) is 0.151. The van der Waals surface area contributed by atoms with E-state index in [0.717, 1.165) is 32.1 Å². The molecular weight excluding hydrogens is 486 g/mol. The molecule has 1 heterocycles. The van der Waals surface area contributed by atoms with Crippen LogP contribution in [0.15, 0.2) is 46.8 Å². The van der Waals surface area contributed by atoms with Crippen molar-refractivity contribution >= 4 is 17.6 Å². The van der Waals surface area contributed by atoms with Gasteiger partial charge in [-0.25, -0.2) is 9.59 Å². The van der Waals surface area contributed by atoms with Crippen molar-refractivity contribution in [2.24, 2.45) is 0 Å². The number of dihydropyridines is 1. The molecule has 0 aliphatic carbocycles. The molecule has 0 bridgehead atoms. The van der Waals surface area contributed by atoms with Crippen LogP contribution in [0.2, 0.25) is 0 Å². The minimum Gasteiger partial charge on any atom is -0.462 e. The van der Waals surface area contributed by atoms with Crippen LogP contribution < -0.4 is 5.32 Å². The molecule has 0 spiro atoms. The van der Waals surface area contributed by atoms with Gasteiger partial charge in [0.05, 0.1) is 28.6 Å². The predicted octanol–water partition coefficient (Wildman–Crippen LogP) is 4.48. The summed E-state index contributed by atoms with van der Waals surface area (Å²) >= 11 is 0. The van der Waals surface area contributed by atoms with Crippen molar-refractivity contribution in [1.82, 2.24) is 5.32 Å². The fraction of sp³-hybridized carbons (Fsp3) is 0.520. The lowest BCUT2D eigenvalue weighted by Crippen LogP contribution is -2.33. The smallest absolute Gasteiger partial charge is 0.336 e. The van der Waals surface area contributed by atoms with E-state index in [1.165, 1.54) is 18.2 Å². The normalized spacial score (nSPS) is 15.2. The summed E-state index contributed by atoms with van der Waals surface area (Å²) in [6.07, 6.45) is 6.07. The molecule has 12 nitrogen and oxygen atoms in total. The summed E-state index contributed by atoms with van der Waals surface area (Å²) in [6.45, 7) is 4.72. The summed E-state index contributed by atoms with van der Waals surface area (Å²) in [5.74, 6) is -2.51. The first-order valence-corrected chi connectivity index (χ1v) is 12.2. The van der Waals surface area contributed by atoms with E-state index in [1.54, 1.807) is 19.9 Å². The lowest BCUT2D eigenvalue weighted by atomic mass is 9.80. The summed E-state index contributed by atoms with van der Waals surface area (Å²) in [7, 11) is 0. The fourth-order valence-electron chi connectivity index (χ4n) is 4.14. The first-order valence-electron chi connectivity index (χ1n) is 12.2. The summed E-state index contributed by atoms with van der Waals surface area (Å²) in [4.78, 5) is 51.7. The topological polar surface area (TPSA) is 160 Å². The van der Waals surface area contributed by atoms with Gasteiger partial charge in [-0.1, -0.05) is 51.2 Å². The van der Waals surface area contributed by atoms with Gasteiger partial charge in [0.25, 0.3) is 10.8 Å². The van der Waals surface area contributed by atoms with Crippen LogP contribution in [-0.4, -0.2) is 41.8 Å². The zero-order valence-corrected chi connectivity index (χ0v) is 21.3. The lowest BCUT2D eigenvalue weighted by molar-refractivity contribution is -0.757. The number of unbranched alkanes of at least 4 members (excludes halogenated alkanes) is 5. The lowest BCUT2D eigenvalue weighted by Gasteiger charge is -2.30. The zero-order valence-electron chi connectivity index (χ0n) is 21.3. The number of nitro groups is 1. The van der Waals surface area contributed by atoms with E-state index < -0.39 is 41.1 Å². The molecule has 0 radical (unpaired) electrons. The van der Waals surface area contributed by atoms with Crippen LogP contribution in [-0.2, 0) is 23.9 Å². The molecule has 1 aliphatic heterocycles. The summed E-state index contributed by atoms with van der Waals surface area (Å²) in [5.41, 5.74) is 1.11. The van der Waals surface area contributed by atoms with Crippen LogP contribution in [0.5, 0.6) is 0 Å². The van der Waals surface area contributed by atoms with E-state index in [0.29, 0.717) is 23.4 Å². The maximum Gasteiger partial charge on any atom is 0.336 e. The number of hydrogen-bond donors (Lipinski definition) is 1. The number of nitro benzene ring substituents is 1. The van der Waals surface area contributed by atoms with Crippen LogP contribution in [0.4, 0.5) is 5.69 Å². The SMILES string of the molecule is CCCCCCCCOC(=O)C1=C(C)NC(C)=C(C(=O)OCCO[N+](=O)[O-])C1c1cccc([N+](=O)[O-])c1. The molecule has 1 atom stereocenters. The van der Waals surface area contributed by atoms with Crippen molar-refractivity contribution < 1.29 is 33.9 Å². The van der Waals surface area contributed by atoms with Gasteiger partial charge in [-0.15, -0.1) is 10.1 Å². The third-order valence-corrected chi connectivity index (χ3v) is 5.86. The number of nitrogens with zero attached hydrogens (tertiary/aromatic N) is 2. The number of rotatable bonds is 15. The molecule has 0 aromatic heterocycles. The zero-order chi connectivity index (χ0) is 27.4. The van der Waals surface area contributed by atoms with Gasteiger partial charge < -0.3 is 19.6 Å². The van der Waals surface area contributed by atoms with E-state index in [2.05, 4.69) is 17.1 Å². The van der Waals surface area contributed by atoms with Gasteiger partial charge in [0.1, 0.15) is 13.2 Å². The Morgan fingerprint density at radius 3 is 2.08 bits per heavy atom. The number of hydrogen-bond acceptors (Lipinski definition) is 10. The fourth-order valence-corrected chi connectivity index (χ4v) is 4.14. The highest BCUT2D eigenvalue weighted by molar-refractivity contribution is 6.00. The van der Waals surface area contributed by atoms with Crippen molar-refractivity contribution in [3.05, 3.63) is 72.6 Å². The van der Waals surface area contributed by atoms with Crippen molar-refractivity contribution in [2.75, 3.05) is 19.8 Å². The van der Waals surface area contributed by atoms with Crippen molar-refractivity contribution in [3.63, 3.8) is 0 Å². The summed E-state index contributed by atoms with van der Waals surface area (Å²) < 4.78 is 10.7. The van der Waals surface area contributed by atoms with Gasteiger partial charge in [0, 0.05) is 23.5 Å². The molecule has 1 N–H and O–H groups in total. The van der Waals surface area contributed by atoms with Gasteiger partial charge in [0.15, 0.2) is 0 Å². The second-order valence-corrected chi connectivity index (χ2v) is 8.58. The van der Waals surface area contributed by atoms with E-state index in [4.69, 9.17) is 9.47 Å². The summed E-state index contributed by atoms with van der Waals surface area (Å²) in [6, 6.07) is 5.64. The number of non-ortho nitro benzene ring substituents is 1. The highest BCUT2D eigenvalue weighted by Crippen LogP contribution is 2.40. The third-order valence-electron chi connectivity index (χ3n) is 5.86. The number of carbonyl (C=O) groups is 2. The Morgan fingerprint density at radius 1 is 0.892 bits per heavy atom. The largest absolute Gasteiger partial charge is 0.462 e. The second kappa shape index (κ2) is 14.6. The third kappa shape index (κ3) is 8.58. The first-order chi connectivity index (χ1) is 17.7. The van der Waals surface area contributed by atoms with Gasteiger partial charge in [-0.3, -0.25) is 10.1 Å². The van der Waals surface area contributed by atoms with Crippen LogP contribution >= 0.6 is 0 Å². The summed E-state index contributed by atoms with van der Waals surface area (Å²) in [5, 5.41) is 23.8. The Kier molecular flexibility index (Phi) is 11.5. The average molecular weight is 520 g/mol. The second-order valence-electron chi connectivity index (χ2n) is 8.58. The van der Waals surface area contributed by atoms with Crippen LogP contribution in [0.3, 0.4) is 0 Å². The Balaban J connectivity index is 2.31. The van der Waals surface area contributed by atoms with Gasteiger partial charge in [-0.2, -0.15) is 0 Å². The Labute approximate surface area is 214 Å². The van der Waals surface area contributed by atoms with E-state index in [-0.39, 0.29) is 23.4 Å². The van der Waals surface area contributed by atoms with Crippen molar-refractivity contribution in [2.45, 2.75) is 65.2 Å². The highest BCUT2D eigenvalue weighted by Gasteiger charge is 2.38. The molecule has 12 heteroatoms. The molecule has 0 amide bonds.